The SMILES string of the molecule is CCN(CC)C1CCN(CC(C)(N)C2CC2)C1. The van der Waals surface area contributed by atoms with E-state index < -0.39 is 0 Å². The number of nitrogens with two attached hydrogens (primary N) is 1. The van der Waals surface area contributed by atoms with Gasteiger partial charge in [0.1, 0.15) is 0 Å². The monoisotopic (exact) mass is 239 g/mol. The Kier molecular flexibility index (Phi) is 4.11. The highest BCUT2D eigenvalue weighted by Crippen LogP contribution is 2.38. The van der Waals surface area contributed by atoms with E-state index >= 15 is 0 Å². The highest BCUT2D eigenvalue weighted by molar-refractivity contribution is 4.98. The minimum Gasteiger partial charge on any atom is -0.324 e. The maximum atomic E-state index is 6.43. The molecule has 0 spiro atoms. The van der Waals surface area contributed by atoms with E-state index in [2.05, 4.69) is 30.6 Å². The first kappa shape index (κ1) is 13.3. The summed E-state index contributed by atoms with van der Waals surface area (Å²) in [6.45, 7) is 12.7. The van der Waals surface area contributed by atoms with Crippen LogP contribution < -0.4 is 5.73 Å². The van der Waals surface area contributed by atoms with Gasteiger partial charge in [-0.3, -0.25) is 9.80 Å². The Labute approximate surface area is 106 Å². The Hall–Kier alpha value is -0.120. The highest BCUT2D eigenvalue weighted by atomic mass is 15.3. The Morgan fingerprint density at radius 3 is 2.41 bits per heavy atom. The van der Waals surface area contributed by atoms with Crippen molar-refractivity contribution in [1.82, 2.24) is 9.80 Å². The van der Waals surface area contributed by atoms with Crippen LogP contribution in [0.15, 0.2) is 0 Å². The van der Waals surface area contributed by atoms with Crippen molar-refractivity contribution in [2.45, 2.75) is 51.6 Å². The summed E-state index contributed by atoms with van der Waals surface area (Å²) in [5, 5.41) is 0. The third kappa shape index (κ3) is 3.21. The predicted molar refractivity (Wildman–Crippen MR) is 73.1 cm³/mol. The molecule has 3 nitrogen and oxygen atoms in total. The van der Waals surface area contributed by atoms with Gasteiger partial charge in [0.2, 0.25) is 0 Å². The second-order valence-corrected chi connectivity index (χ2v) is 6.18. The van der Waals surface area contributed by atoms with E-state index in [0.717, 1.165) is 18.5 Å². The van der Waals surface area contributed by atoms with E-state index in [1.165, 1.54) is 45.4 Å². The standard InChI is InChI=1S/C14H29N3/c1-4-17(5-2)13-8-9-16(10-13)11-14(3,15)12-6-7-12/h12-13H,4-11,15H2,1-3H3. The lowest BCUT2D eigenvalue weighted by Crippen LogP contribution is -2.49. The second kappa shape index (κ2) is 5.25. The molecule has 0 radical (unpaired) electrons. The molecule has 1 saturated heterocycles. The van der Waals surface area contributed by atoms with Crippen LogP contribution in [0.4, 0.5) is 0 Å². The van der Waals surface area contributed by atoms with Gasteiger partial charge in [-0.25, -0.2) is 0 Å². The molecule has 2 unspecified atom stereocenters. The van der Waals surface area contributed by atoms with Crippen LogP contribution >= 0.6 is 0 Å². The van der Waals surface area contributed by atoms with Crippen LogP contribution in [-0.4, -0.2) is 54.1 Å². The van der Waals surface area contributed by atoms with Crippen LogP contribution in [0.2, 0.25) is 0 Å². The fourth-order valence-electron chi connectivity index (χ4n) is 3.35. The first-order valence-electron chi connectivity index (χ1n) is 7.32. The predicted octanol–water partition coefficient (Wildman–Crippen LogP) is 1.53. The fraction of sp³-hybridized carbons (Fsp3) is 1.00. The van der Waals surface area contributed by atoms with E-state index in [1.54, 1.807) is 0 Å². The summed E-state index contributed by atoms with van der Waals surface area (Å²) in [4.78, 5) is 5.17. The molecule has 2 atom stereocenters. The van der Waals surface area contributed by atoms with Crippen molar-refractivity contribution in [2.75, 3.05) is 32.7 Å². The molecule has 17 heavy (non-hydrogen) atoms. The summed E-state index contributed by atoms with van der Waals surface area (Å²) in [6, 6.07) is 0.764. The van der Waals surface area contributed by atoms with Gasteiger partial charge in [-0.1, -0.05) is 13.8 Å². The zero-order chi connectivity index (χ0) is 12.5. The van der Waals surface area contributed by atoms with E-state index in [4.69, 9.17) is 5.73 Å². The third-order valence-electron chi connectivity index (χ3n) is 4.65. The quantitative estimate of drug-likeness (QED) is 0.763. The maximum Gasteiger partial charge on any atom is 0.0283 e. The molecule has 2 N–H and O–H groups in total. The van der Waals surface area contributed by atoms with Gasteiger partial charge in [0.25, 0.3) is 0 Å². The van der Waals surface area contributed by atoms with Crippen LogP contribution in [0, 0.1) is 5.92 Å². The smallest absolute Gasteiger partial charge is 0.0283 e. The van der Waals surface area contributed by atoms with Crippen molar-refractivity contribution < 1.29 is 0 Å². The molecule has 3 heteroatoms. The zero-order valence-corrected chi connectivity index (χ0v) is 11.8. The summed E-state index contributed by atoms with van der Waals surface area (Å²) >= 11 is 0. The largest absolute Gasteiger partial charge is 0.324 e. The molecule has 1 aliphatic carbocycles. The summed E-state index contributed by atoms with van der Waals surface area (Å²) in [7, 11) is 0. The van der Waals surface area contributed by atoms with Crippen molar-refractivity contribution in [1.29, 1.82) is 0 Å². The number of likely N-dealkylation sites (N-methyl/N-ethyl adjacent to an activating group) is 1. The molecule has 2 rings (SSSR count). The van der Waals surface area contributed by atoms with Crippen LogP contribution in [0.3, 0.4) is 0 Å². The molecule has 0 aromatic carbocycles. The molecule has 1 aliphatic heterocycles. The van der Waals surface area contributed by atoms with Crippen molar-refractivity contribution in [3.8, 4) is 0 Å². The summed E-state index contributed by atoms with van der Waals surface area (Å²) in [5.74, 6) is 0.787. The molecule has 100 valence electrons. The summed E-state index contributed by atoms with van der Waals surface area (Å²) in [5.41, 5.74) is 6.49. The molecule has 2 fully saturated rings. The molecule has 0 aromatic heterocycles. The normalized spacial score (nSPS) is 29.8. The third-order valence-corrected chi connectivity index (χ3v) is 4.65. The molecule has 0 aromatic rings. The number of nitrogens with zero attached hydrogens (tertiary/aromatic N) is 2. The Morgan fingerprint density at radius 1 is 1.24 bits per heavy atom. The molecular formula is C14H29N3. The molecule has 0 amide bonds. The first-order valence-corrected chi connectivity index (χ1v) is 7.32. The van der Waals surface area contributed by atoms with Gasteiger partial charge in [-0.05, 0) is 51.7 Å². The van der Waals surface area contributed by atoms with E-state index in [0.29, 0.717) is 0 Å². The Balaban J connectivity index is 1.81. The lowest BCUT2D eigenvalue weighted by molar-refractivity contribution is 0.191. The minimum absolute atomic E-state index is 0.0537. The molecular weight excluding hydrogens is 210 g/mol. The summed E-state index contributed by atoms with van der Waals surface area (Å²) in [6.07, 6.45) is 4.02. The first-order chi connectivity index (χ1) is 8.06. The Morgan fingerprint density at radius 2 is 1.88 bits per heavy atom. The average Bonchev–Trinajstić information content (AvgIpc) is 3.05. The van der Waals surface area contributed by atoms with Crippen LogP contribution in [0.1, 0.15) is 40.0 Å². The molecule has 1 heterocycles. The number of hydrogen-bond donors (Lipinski definition) is 1. The van der Waals surface area contributed by atoms with Gasteiger partial charge in [0, 0.05) is 24.7 Å². The highest BCUT2D eigenvalue weighted by Gasteiger charge is 2.40. The average molecular weight is 239 g/mol. The van der Waals surface area contributed by atoms with Crippen molar-refractivity contribution in [3.05, 3.63) is 0 Å². The topological polar surface area (TPSA) is 32.5 Å². The van der Waals surface area contributed by atoms with E-state index in [9.17, 15) is 0 Å². The number of rotatable bonds is 6. The van der Waals surface area contributed by atoms with Gasteiger partial charge in [-0.2, -0.15) is 0 Å². The molecule has 2 aliphatic rings. The minimum atomic E-state index is 0.0537. The van der Waals surface area contributed by atoms with Crippen molar-refractivity contribution >= 4 is 0 Å². The van der Waals surface area contributed by atoms with Gasteiger partial charge in [0.05, 0.1) is 0 Å². The van der Waals surface area contributed by atoms with Crippen LogP contribution in [-0.2, 0) is 0 Å². The number of likely N-dealkylation sites (tertiary alicyclic amines) is 1. The maximum absolute atomic E-state index is 6.43. The van der Waals surface area contributed by atoms with Gasteiger partial charge in [0.15, 0.2) is 0 Å². The molecule has 0 bridgehead atoms. The zero-order valence-electron chi connectivity index (χ0n) is 11.8. The van der Waals surface area contributed by atoms with Crippen molar-refractivity contribution in [3.63, 3.8) is 0 Å². The lowest BCUT2D eigenvalue weighted by atomic mass is 9.97. The van der Waals surface area contributed by atoms with Gasteiger partial charge >= 0.3 is 0 Å². The second-order valence-electron chi connectivity index (χ2n) is 6.18. The van der Waals surface area contributed by atoms with Crippen LogP contribution in [0.25, 0.3) is 0 Å². The lowest BCUT2D eigenvalue weighted by Gasteiger charge is -2.31. The van der Waals surface area contributed by atoms with E-state index in [1.807, 2.05) is 0 Å². The summed E-state index contributed by atoms with van der Waals surface area (Å²) < 4.78 is 0. The van der Waals surface area contributed by atoms with Gasteiger partial charge in [-0.15, -0.1) is 0 Å². The van der Waals surface area contributed by atoms with E-state index in [-0.39, 0.29) is 5.54 Å². The number of hydrogen-bond acceptors (Lipinski definition) is 3. The fourth-order valence-corrected chi connectivity index (χ4v) is 3.35. The molecule has 1 saturated carbocycles. The van der Waals surface area contributed by atoms with Crippen molar-refractivity contribution in [2.24, 2.45) is 11.7 Å². The van der Waals surface area contributed by atoms with Crippen LogP contribution in [0.5, 0.6) is 0 Å². The Bertz CT molecular complexity index is 244. The van der Waals surface area contributed by atoms with Gasteiger partial charge < -0.3 is 5.73 Å².